The quantitative estimate of drug-likeness (QED) is 0.566. The molecule has 0 radical (unpaired) electrons. The van der Waals surface area contributed by atoms with Crippen LogP contribution in [0.15, 0.2) is 71.8 Å². The summed E-state index contributed by atoms with van der Waals surface area (Å²) in [5.74, 6) is 0.409. The zero-order valence-electron chi connectivity index (χ0n) is 14.1. The minimum Gasteiger partial charge on any atom is -0.487 e. The van der Waals surface area contributed by atoms with E-state index in [0.29, 0.717) is 17.0 Å². The van der Waals surface area contributed by atoms with E-state index in [4.69, 9.17) is 4.74 Å². The van der Waals surface area contributed by atoms with E-state index in [1.54, 1.807) is 30.6 Å². The minimum absolute atomic E-state index is 0.265. The maximum absolute atomic E-state index is 13.1. The summed E-state index contributed by atoms with van der Waals surface area (Å²) in [7, 11) is 0. The molecule has 0 fully saturated rings. The highest BCUT2D eigenvalue weighted by atomic mass is 19.1. The number of aromatic nitrogens is 3. The molecule has 0 aliphatic carbocycles. The summed E-state index contributed by atoms with van der Waals surface area (Å²) in [5.41, 5.74) is 2.62. The fourth-order valence-electron chi connectivity index (χ4n) is 2.77. The Morgan fingerprint density at radius 2 is 1.92 bits per heavy atom. The Morgan fingerprint density at radius 3 is 2.69 bits per heavy atom. The molecule has 4 aromatic rings. The highest BCUT2D eigenvalue weighted by molar-refractivity contribution is 5.41. The molecule has 0 saturated heterocycles. The molecule has 2 aromatic heterocycles. The number of aryl methyl sites for hydroxylation is 1. The number of nitrogens with zero attached hydrogens (tertiary/aromatic N) is 3. The summed E-state index contributed by atoms with van der Waals surface area (Å²) in [6.07, 6.45) is 3.29. The van der Waals surface area contributed by atoms with Crippen LogP contribution in [0.1, 0.15) is 11.3 Å². The Hall–Kier alpha value is -3.41. The van der Waals surface area contributed by atoms with E-state index in [1.807, 2.05) is 31.2 Å². The van der Waals surface area contributed by atoms with Gasteiger partial charge in [-0.05, 0) is 55.0 Å². The van der Waals surface area contributed by atoms with Crippen LogP contribution >= 0.6 is 0 Å². The maximum Gasteiger partial charge on any atom is 0.338 e. The molecule has 0 N–H and O–H groups in total. The highest BCUT2D eigenvalue weighted by Crippen LogP contribution is 2.15. The zero-order valence-corrected chi connectivity index (χ0v) is 14.1. The number of imidazole rings is 1. The Bertz CT molecular complexity index is 1130. The summed E-state index contributed by atoms with van der Waals surface area (Å²) in [6.45, 7) is 2.26. The van der Waals surface area contributed by atoms with E-state index in [9.17, 15) is 9.18 Å². The normalized spacial score (nSPS) is 11.0. The van der Waals surface area contributed by atoms with Crippen molar-refractivity contribution in [3.8, 4) is 11.4 Å². The zero-order chi connectivity index (χ0) is 18.1. The molecule has 2 heterocycles. The van der Waals surface area contributed by atoms with Crippen molar-refractivity contribution >= 4 is 5.65 Å². The number of fused-ring (bicyclic) bond motifs is 1. The molecule has 0 saturated carbocycles. The lowest BCUT2D eigenvalue weighted by Gasteiger charge is -2.05. The van der Waals surface area contributed by atoms with E-state index in [-0.39, 0.29) is 18.1 Å². The first kappa shape index (κ1) is 16.1. The second kappa shape index (κ2) is 6.48. The van der Waals surface area contributed by atoms with Crippen LogP contribution in [0.3, 0.4) is 0 Å². The van der Waals surface area contributed by atoms with Crippen molar-refractivity contribution in [2.75, 3.05) is 0 Å². The molecule has 6 heteroatoms. The van der Waals surface area contributed by atoms with Gasteiger partial charge in [0.15, 0.2) is 0 Å². The molecule has 0 spiro atoms. The van der Waals surface area contributed by atoms with Gasteiger partial charge < -0.3 is 4.74 Å². The summed E-state index contributed by atoms with van der Waals surface area (Å²) in [6, 6.07) is 15.2. The first-order valence-electron chi connectivity index (χ1n) is 8.15. The largest absolute Gasteiger partial charge is 0.487 e. The Labute approximate surface area is 148 Å². The molecule has 130 valence electrons. The number of halogens is 1. The predicted molar refractivity (Wildman–Crippen MR) is 96.3 cm³/mol. The second-order valence-corrected chi connectivity index (χ2v) is 6.01. The molecule has 0 atom stereocenters. The van der Waals surface area contributed by atoms with E-state index in [2.05, 4.69) is 4.98 Å². The van der Waals surface area contributed by atoms with Crippen LogP contribution in [-0.2, 0) is 6.61 Å². The molecular weight excluding hydrogens is 333 g/mol. The van der Waals surface area contributed by atoms with Crippen molar-refractivity contribution in [1.82, 2.24) is 14.0 Å². The second-order valence-electron chi connectivity index (χ2n) is 6.01. The van der Waals surface area contributed by atoms with Crippen molar-refractivity contribution in [2.24, 2.45) is 0 Å². The maximum atomic E-state index is 13.1. The van der Waals surface area contributed by atoms with Crippen LogP contribution in [-0.4, -0.2) is 14.0 Å². The van der Waals surface area contributed by atoms with Crippen molar-refractivity contribution in [3.05, 3.63) is 94.5 Å². The lowest BCUT2D eigenvalue weighted by molar-refractivity contribution is 0.302. The van der Waals surface area contributed by atoms with E-state index in [0.717, 1.165) is 11.3 Å². The molecule has 0 bridgehead atoms. The van der Waals surface area contributed by atoms with Crippen molar-refractivity contribution in [3.63, 3.8) is 0 Å². The average molecular weight is 349 g/mol. The van der Waals surface area contributed by atoms with E-state index < -0.39 is 0 Å². The topological polar surface area (TPSA) is 48.5 Å². The van der Waals surface area contributed by atoms with Crippen LogP contribution in [0.5, 0.6) is 5.75 Å². The highest BCUT2D eigenvalue weighted by Gasteiger charge is 2.09. The van der Waals surface area contributed by atoms with Crippen LogP contribution in [0.25, 0.3) is 11.3 Å². The van der Waals surface area contributed by atoms with E-state index >= 15 is 0 Å². The molecule has 2 aromatic carbocycles. The first-order chi connectivity index (χ1) is 12.6. The van der Waals surface area contributed by atoms with Crippen LogP contribution in [0, 0.1) is 12.7 Å². The molecule has 26 heavy (non-hydrogen) atoms. The third-order valence-electron chi connectivity index (χ3n) is 4.05. The molecule has 0 amide bonds. The van der Waals surface area contributed by atoms with Crippen LogP contribution < -0.4 is 10.4 Å². The molecule has 0 unspecified atom stereocenters. The van der Waals surface area contributed by atoms with Gasteiger partial charge in [0.05, 0.1) is 11.4 Å². The number of ether oxygens (including phenoxy) is 1. The van der Waals surface area contributed by atoms with Gasteiger partial charge in [-0.25, -0.2) is 14.2 Å². The fourth-order valence-corrected chi connectivity index (χ4v) is 2.77. The average Bonchev–Trinajstić information content (AvgIpc) is 3.06. The standard InChI is InChI=1S/C20H16FN3O2/c1-14-3-2-4-18(11-14)26-13-16-12-24-19(22-16)9-10-23(20(24)25)17-7-5-15(21)6-8-17/h2-12H,13H2,1H3. The van der Waals surface area contributed by atoms with Gasteiger partial charge in [-0.2, -0.15) is 0 Å². The molecule has 0 aliphatic rings. The van der Waals surface area contributed by atoms with Gasteiger partial charge in [0.1, 0.15) is 23.8 Å². The van der Waals surface area contributed by atoms with Crippen molar-refractivity contribution in [1.29, 1.82) is 0 Å². The van der Waals surface area contributed by atoms with Crippen LogP contribution in [0.2, 0.25) is 0 Å². The van der Waals surface area contributed by atoms with Gasteiger partial charge in [-0.3, -0.25) is 8.97 Å². The van der Waals surface area contributed by atoms with Crippen LogP contribution in [0.4, 0.5) is 4.39 Å². The van der Waals surface area contributed by atoms with Gasteiger partial charge in [0.25, 0.3) is 0 Å². The van der Waals surface area contributed by atoms with Crippen molar-refractivity contribution < 1.29 is 9.13 Å². The molecule has 5 nitrogen and oxygen atoms in total. The third-order valence-corrected chi connectivity index (χ3v) is 4.05. The number of benzene rings is 2. The number of hydrogen-bond donors (Lipinski definition) is 0. The minimum atomic E-state index is -0.346. The van der Waals surface area contributed by atoms with Gasteiger partial charge in [0.2, 0.25) is 0 Å². The Kier molecular flexibility index (Phi) is 4.01. The monoisotopic (exact) mass is 349 g/mol. The van der Waals surface area contributed by atoms with Gasteiger partial charge in [0, 0.05) is 12.4 Å². The summed E-state index contributed by atoms with van der Waals surface area (Å²) in [4.78, 5) is 17.1. The molecule has 0 aliphatic heterocycles. The lowest BCUT2D eigenvalue weighted by Crippen LogP contribution is -2.24. The van der Waals surface area contributed by atoms with Gasteiger partial charge in [-0.15, -0.1) is 0 Å². The third kappa shape index (κ3) is 3.09. The van der Waals surface area contributed by atoms with E-state index in [1.165, 1.54) is 21.1 Å². The Morgan fingerprint density at radius 1 is 1.12 bits per heavy atom. The predicted octanol–water partition coefficient (Wildman–Crippen LogP) is 3.51. The summed E-state index contributed by atoms with van der Waals surface area (Å²) < 4.78 is 21.7. The van der Waals surface area contributed by atoms with Gasteiger partial charge >= 0.3 is 5.69 Å². The lowest BCUT2D eigenvalue weighted by atomic mass is 10.2. The Balaban J connectivity index is 1.64. The number of hydrogen-bond acceptors (Lipinski definition) is 3. The van der Waals surface area contributed by atoms with Crippen molar-refractivity contribution in [2.45, 2.75) is 13.5 Å². The summed E-state index contributed by atoms with van der Waals surface area (Å²) in [5, 5.41) is 0. The number of rotatable bonds is 4. The first-order valence-corrected chi connectivity index (χ1v) is 8.15. The van der Waals surface area contributed by atoms with Gasteiger partial charge in [-0.1, -0.05) is 12.1 Å². The smallest absolute Gasteiger partial charge is 0.338 e. The molecule has 4 rings (SSSR count). The summed E-state index contributed by atoms with van der Waals surface area (Å²) >= 11 is 0. The molecular formula is C20H16FN3O2. The fraction of sp³-hybridized carbons (Fsp3) is 0.100. The SMILES string of the molecule is Cc1cccc(OCc2cn3c(=O)n(-c4ccc(F)cc4)ccc3n2)c1.